The number of fused-ring (bicyclic) bond motifs is 1. The lowest BCUT2D eigenvalue weighted by Gasteiger charge is -2.30. The van der Waals surface area contributed by atoms with Gasteiger partial charge in [-0.15, -0.1) is 0 Å². The first-order chi connectivity index (χ1) is 18.5. The predicted octanol–water partition coefficient (Wildman–Crippen LogP) is 1.85. The van der Waals surface area contributed by atoms with E-state index in [2.05, 4.69) is 20.3 Å². The van der Waals surface area contributed by atoms with E-state index in [1.54, 1.807) is 29.2 Å². The number of carbonyl (C=O) groups excluding carboxylic acids is 2. The molecule has 2 aromatic carbocycles. The molecule has 0 aliphatic carbocycles. The summed E-state index contributed by atoms with van der Waals surface area (Å²) < 4.78 is 7.29. The molecular weight excluding hydrogens is 484 g/mol. The molecule has 5 rings (SSSR count). The molecule has 10 heteroatoms. The Balaban J connectivity index is 1.35. The number of aliphatic hydroxyl groups excluding tert-OH is 1. The van der Waals surface area contributed by atoms with Gasteiger partial charge >= 0.3 is 0 Å². The number of hydrogen-bond acceptors (Lipinski definition) is 7. The normalized spacial score (nSPS) is 14.2. The predicted molar refractivity (Wildman–Crippen MR) is 141 cm³/mol. The molecule has 0 radical (unpaired) electrons. The topological polar surface area (TPSA) is 136 Å². The molecule has 1 aliphatic heterocycles. The van der Waals surface area contributed by atoms with Crippen molar-refractivity contribution in [3.05, 3.63) is 102 Å². The number of amides is 2. The van der Waals surface area contributed by atoms with E-state index in [0.717, 1.165) is 29.2 Å². The lowest BCUT2D eigenvalue weighted by molar-refractivity contribution is -0.127. The summed E-state index contributed by atoms with van der Waals surface area (Å²) in [5, 5.41) is 17.9. The lowest BCUT2D eigenvalue weighted by atomic mass is 10.0. The zero-order valence-electron chi connectivity index (χ0n) is 20.6. The van der Waals surface area contributed by atoms with Crippen LogP contribution >= 0.6 is 0 Å². The van der Waals surface area contributed by atoms with Crippen LogP contribution in [0.4, 0.5) is 5.69 Å². The van der Waals surface area contributed by atoms with Gasteiger partial charge < -0.3 is 25.8 Å². The van der Waals surface area contributed by atoms with Crippen molar-refractivity contribution >= 4 is 17.5 Å². The number of aromatic nitrogens is 3. The average molecular weight is 513 g/mol. The van der Waals surface area contributed by atoms with Crippen LogP contribution in [0.3, 0.4) is 0 Å². The number of nitrogens with one attached hydrogen (secondary N) is 1. The van der Waals surface area contributed by atoms with Gasteiger partial charge in [0.15, 0.2) is 11.9 Å². The number of anilines is 1. The number of benzene rings is 2. The summed E-state index contributed by atoms with van der Waals surface area (Å²) in [6, 6.07) is 21.3. The molecule has 0 saturated carbocycles. The summed E-state index contributed by atoms with van der Waals surface area (Å²) in [5.41, 5.74) is 8.24. The van der Waals surface area contributed by atoms with Crippen molar-refractivity contribution in [2.45, 2.75) is 25.1 Å². The molecule has 3 heterocycles. The molecule has 0 saturated heterocycles. The van der Waals surface area contributed by atoms with Gasteiger partial charge in [-0.3, -0.25) is 9.59 Å². The number of para-hydroxylation sites is 2. The summed E-state index contributed by atoms with van der Waals surface area (Å²) in [4.78, 5) is 31.7. The molecule has 1 aliphatic rings. The lowest BCUT2D eigenvalue weighted by Crippen LogP contribution is -2.50. The van der Waals surface area contributed by atoms with Gasteiger partial charge in [-0.2, -0.15) is 5.10 Å². The molecular formula is C28H28N6O4. The number of ether oxygens (including phenoxy) is 1. The number of nitrogens with two attached hydrogens (primary N) is 1. The quantitative estimate of drug-likeness (QED) is 0.311. The third-order valence-corrected chi connectivity index (χ3v) is 6.36. The fourth-order valence-electron chi connectivity index (χ4n) is 4.46. The summed E-state index contributed by atoms with van der Waals surface area (Å²) in [7, 11) is 0. The zero-order chi connectivity index (χ0) is 26.5. The summed E-state index contributed by atoms with van der Waals surface area (Å²) in [6.07, 6.45) is 1.98. The van der Waals surface area contributed by atoms with Gasteiger partial charge in [-0.1, -0.05) is 42.5 Å². The van der Waals surface area contributed by atoms with Crippen molar-refractivity contribution < 1.29 is 19.4 Å². The van der Waals surface area contributed by atoms with Crippen LogP contribution < -0.4 is 20.7 Å². The minimum Gasteiger partial charge on any atom is -0.490 e. The van der Waals surface area contributed by atoms with Crippen molar-refractivity contribution in [3.8, 4) is 11.6 Å². The highest BCUT2D eigenvalue weighted by atomic mass is 16.5. The molecule has 2 aromatic heterocycles. The van der Waals surface area contributed by atoms with Gasteiger partial charge in [-0.05, 0) is 42.3 Å². The third-order valence-electron chi connectivity index (χ3n) is 6.36. The van der Waals surface area contributed by atoms with E-state index in [4.69, 9.17) is 10.5 Å². The Bertz CT molecular complexity index is 1420. The van der Waals surface area contributed by atoms with Crippen LogP contribution in [0, 0.1) is 0 Å². The third kappa shape index (κ3) is 5.50. The van der Waals surface area contributed by atoms with Gasteiger partial charge in [0.05, 0.1) is 36.1 Å². The van der Waals surface area contributed by atoms with E-state index < -0.39 is 24.0 Å². The van der Waals surface area contributed by atoms with Crippen LogP contribution in [0.1, 0.15) is 21.6 Å². The molecule has 4 aromatic rings. The molecule has 2 atom stereocenters. The van der Waals surface area contributed by atoms with Crippen LogP contribution in [0.15, 0.2) is 85.2 Å². The van der Waals surface area contributed by atoms with Gasteiger partial charge in [0.25, 0.3) is 5.91 Å². The van der Waals surface area contributed by atoms with Crippen molar-refractivity contribution in [3.63, 3.8) is 0 Å². The Hall–Kier alpha value is -4.70. The maximum absolute atomic E-state index is 13.3. The first-order valence-electron chi connectivity index (χ1n) is 12.3. The Morgan fingerprint density at radius 2 is 1.84 bits per heavy atom. The summed E-state index contributed by atoms with van der Waals surface area (Å²) in [5.74, 6) is -0.261. The number of aliphatic hydroxyl groups is 1. The van der Waals surface area contributed by atoms with Crippen molar-refractivity contribution in [1.29, 1.82) is 0 Å². The second-order valence-electron chi connectivity index (χ2n) is 8.98. The van der Waals surface area contributed by atoms with E-state index >= 15 is 0 Å². The number of pyridine rings is 1. The van der Waals surface area contributed by atoms with Crippen LogP contribution in [0.5, 0.6) is 5.75 Å². The highest BCUT2D eigenvalue weighted by Crippen LogP contribution is 2.31. The molecule has 10 nitrogen and oxygen atoms in total. The molecule has 2 unspecified atom stereocenters. The van der Waals surface area contributed by atoms with Crippen LogP contribution in [-0.4, -0.2) is 57.0 Å². The Labute approximate surface area is 219 Å². The van der Waals surface area contributed by atoms with Gasteiger partial charge in [-0.25, -0.2) is 9.67 Å². The van der Waals surface area contributed by atoms with E-state index in [0.29, 0.717) is 19.0 Å². The zero-order valence-corrected chi connectivity index (χ0v) is 20.6. The van der Waals surface area contributed by atoms with E-state index in [-0.39, 0.29) is 12.0 Å². The van der Waals surface area contributed by atoms with Crippen molar-refractivity contribution in [2.24, 2.45) is 5.73 Å². The highest BCUT2D eigenvalue weighted by Gasteiger charge is 2.28. The van der Waals surface area contributed by atoms with Gasteiger partial charge in [0, 0.05) is 12.4 Å². The monoisotopic (exact) mass is 512 g/mol. The molecule has 0 fully saturated rings. The SMILES string of the molecule is NC(=O)C(O)C(Cc1ccccc1)NC(=O)c1cccnc1-n1ccc(CN2CCOc3ccccc32)n1. The Morgan fingerprint density at radius 1 is 1.05 bits per heavy atom. The van der Waals surface area contributed by atoms with E-state index in [1.165, 1.54) is 0 Å². The van der Waals surface area contributed by atoms with Crippen LogP contribution in [0.2, 0.25) is 0 Å². The minimum absolute atomic E-state index is 0.221. The van der Waals surface area contributed by atoms with Crippen LogP contribution in [0.25, 0.3) is 5.82 Å². The molecule has 2 amide bonds. The smallest absolute Gasteiger partial charge is 0.255 e. The second kappa shape index (κ2) is 11.1. The van der Waals surface area contributed by atoms with Gasteiger partial charge in [0.1, 0.15) is 12.4 Å². The molecule has 4 N–H and O–H groups in total. The Morgan fingerprint density at radius 3 is 2.66 bits per heavy atom. The maximum Gasteiger partial charge on any atom is 0.255 e. The molecule has 38 heavy (non-hydrogen) atoms. The van der Waals surface area contributed by atoms with Crippen molar-refractivity contribution in [2.75, 3.05) is 18.1 Å². The van der Waals surface area contributed by atoms with Gasteiger partial charge in [0.2, 0.25) is 5.91 Å². The number of carbonyl (C=O) groups is 2. The Kier molecular flexibility index (Phi) is 7.32. The second-order valence-corrected chi connectivity index (χ2v) is 8.98. The fourth-order valence-corrected chi connectivity index (χ4v) is 4.46. The minimum atomic E-state index is -1.56. The summed E-state index contributed by atoms with van der Waals surface area (Å²) >= 11 is 0. The number of nitrogens with zero attached hydrogens (tertiary/aromatic N) is 4. The average Bonchev–Trinajstić information content (AvgIpc) is 3.41. The number of hydrogen-bond donors (Lipinski definition) is 3. The summed E-state index contributed by atoms with van der Waals surface area (Å²) in [6.45, 7) is 1.88. The first kappa shape index (κ1) is 25.0. The largest absolute Gasteiger partial charge is 0.490 e. The molecule has 0 spiro atoms. The van der Waals surface area contributed by atoms with Crippen LogP contribution in [-0.2, 0) is 17.8 Å². The van der Waals surface area contributed by atoms with E-state index in [1.807, 2.05) is 60.7 Å². The number of rotatable bonds is 9. The highest BCUT2D eigenvalue weighted by molar-refractivity contribution is 5.97. The fraction of sp³-hybridized carbons (Fsp3) is 0.214. The maximum atomic E-state index is 13.3. The number of primary amides is 1. The standard InChI is InChI=1S/C28H28N6O4/c29-26(36)25(35)22(17-19-7-2-1-3-8-19)31-28(37)21-9-6-13-30-27(21)34-14-12-20(32-34)18-33-15-16-38-24-11-5-4-10-23(24)33/h1-14,22,25,35H,15-18H2,(H2,29,36)(H,31,37). The van der Waals surface area contributed by atoms with Crippen molar-refractivity contribution in [1.82, 2.24) is 20.1 Å². The molecule has 194 valence electrons. The first-order valence-corrected chi connectivity index (χ1v) is 12.3. The van der Waals surface area contributed by atoms with E-state index in [9.17, 15) is 14.7 Å². The molecule has 0 bridgehead atoms.